The zero-order valence-electron chi connectivity index (χ0n) is 20.0. The highest BCUT2D eigenvalue weighted by molar-refractivity contribution is 5.85. The summed E-state index contributed by atoms with van der Waals surface area (Å²) in [4.78, 5) is 39.4. The number of hydrogen-bond donors (Lipinski definition) is 2. The number of benzene rings is 2. The van der Waals surface area contributed by atoms with Crippen LogP contribution in [0, 0.1) is 5.41 Å². The number of nitrogens with one attached hydrogen (secondary N) is 1. The van der Waals surface area contributed by atoms with Crippen LogP contribution in [0.5, 0.6) is 0 Å². The average Bonchev–Trinajstić information content (AvgIpc) is 3.54. The van der Waals surface area contributed by atoms with E-state index in [1.54, 1.807) is 4.90 Å². The van der Waals surface area contributed by atoms with E-state index >= 15 is 0 Å². The van der Waals surface area contributed by atoms with Gasteiger partial charge in [0.2, 0.25) is 5.91 Å². The molecule has 7 heteroatoms. The molecule has 0 aromatic heterocycles. The van der Waals surface area contributed by atoms with Crippen molar-refractivity contribution in [3.63, 3.8) is 0 Å². The SMILES string of the molecule is CC1(C(=O)N2CCC[C@H]2CC(=O)O)CCCC1NC(=O)OCC1c2ccccc2-c2ccccc21. The summed E-state index contributed by atoms with van der Waals surface area (Å²) >= 11 is 0. The van der Waals surface area contributed by atoms with Gasteiger partial charge in [-0.05, 0) is 54.9 Å². The van der Waals surface area contributed by atoms with Crippen molar-refractivity contribution in [3.05, 3.63) is 59.7 Å². The maximum absolute atomic E-state index is 13.5. The molecule has 2 unspecified atom stereocenters. The molecular weight excluding hydrogens is 444 g/mol. The summed E-state index contributed by atoms with van der Waals surface area (Å²) in [6, 6.07) is 15.8. The number of carboxylic acids is 1. The first-order valence-corrected chi connectivity index (χ1v) is 12.5. The third-order valence-corrected chi connectivity index (χ3v) is 8.13. The number of carbonyl (C=O) groups excluding carboxylic acids is 2. The lowest BCUT2D eigenvalue weighted by Crippen LogP contribution is -2.53. The summed E-state index contributed by atoms with van der Waals surface area (Å²) in [5, 5.41) is 12.2. The molecule has 0 radical (unpaired) electrons. The molecule has 0 bridgehead atoms. The third kappa shape index (κ3) is 4.28. The summed E-state index contributed by atoms with van der Waals surface area (Å²) < 4.78 is 5.72. The molecule has 3 atom stereocenters. The molecule has 7 nitrogen and oxygen atoms in total. The molecule has 1 aliphatic heterocycles. The number of rotatable bonds is 6. The first-order valence-electron chi connectivity index (χ1n) is 12.5. The van der Waals surface area contributed by atoms with E-state index in [9.17, 15) is 19.5 Å². The van der Waals surface area contributed by atoms with Gasteiger partial charge in [-0.1, -0.05) is 55.0 Å². The van der Waals surface area contributed by atoms with Crippen molar-refractivity contribution in [2.45, 2.75) is 63.5 Å². The Labute approximate surface area is 205 Å². The largest absolute Gasteiger partial charge is 0.481 e. The summed E-state index contributed by atoms with van der Waals surface area (Å²) in [6.45, 7) is 2.70. The number of likely N-dealkylation sites (tertiary alicyclic amines) is 1. The van der Waals surface area contributed by atoms with Crippen LogP contribution in [0.2, 0.25) is 0 Å². The maximum atomic E-state index is 13.5. The van der Waals surface area contributed by atoms with Crippen LogP contribution in [-0.4, -0.2) is 53.2 Å². The van der Waals surface area contributed by atoms with Gasteiger partial charge in [-0.25, -0.2) is 4.79 Å². The number of fused-ring (bicyclic) bond motifs is 3. The van der Waals surface area contributed by atoms with Crippen LogP contribution in [0.4, 0.5) is 4.79 Å². The highest BCUT2D eigenvalue weighted by atomic mass is 16.5. The average molecular weight is 477 g/mol. The van der Waals surface area contributed by atoms with Gasteiger partial charge < -0.3 is 20.1 Å². The number of amides is 2. The molecule has 2 N–H and O–H groups in total. The fourth-order valence-electron chi connectivity index (χ4n) is 6.28. The Bertz CT molecular complexity index is 1100. The molecule has 0 spiro atoms. The summed E-state index contributed by atoms with van der Waals surface area (Å²) in [5.74, 6) is -0.964. The second kappa shape index (κ2) is 9.36. The normalized spacial score (nSPS) is 25.2. The fraction of sp³-hybridized carbons (Fsp3) is 0.464. The van der Waals surface area contributed by atoms with Gasteiger partial charge in [0.1, 0.15) is 6.61 Å². The van der Waals surface area contributed by atoms with E-state index in [2.05, 4.69) is 29.6 Å². The van der Waals surface area contributed by atoms with Crippen molar-refractivity contribution < 1.29 is 24.2 Å². The van der Waals surface area contributed by atoms with Crippen LogP contribution < -0.4 is 5.32 Å². The Kier molecular flexibility index (Phi) is 6.26. The van der Waals surface area contributed by atoms with E-state index in [-0.39, 0.29) is 36.9 Å². The lowest BCUT2D eigenvalue weighted by atomic mass is 9.82. The highest BCUT2D eigenvalue weighted by Crippen LogP contribution is 2.45. The highest BCUT2D eigenvalue weighted by Gasteiger charge is 2.49. The minimum absolute atomic E-state index is 0.0221. The van der Waals surface area contributed by atoms with Gasteiger partial charge in [0.05, 0.1) is 11.8 Å². The Balaban J connectivity index is 1.25. The topological polar surface area (TPSA) is 95.9 Å². The lowest BCUT2D eigenvalue weighted by molar-refractivity contribution is -0.145. The van der Waals surface area contributed by atoms with E-state index in [0.29, 0.717) is 25.8 Å². The van der Waals surface area contributed by atoms with Crippen LogP contribution in [0.25, 0.3) is 11.1 Å². The number of carboxylic acid groups (broad SMARTS) is 1. The molecule has 2 aromatic carbocycles. The number of alkyl carbamates (subject to hydrolysis) is 1. The van der Waals surface area contributed by atoms with Gasteiger partial charge in [0, 0.05) is 24.5 Å². The minimum Gasteiger partial charge on any atom is -0.481 e. The number of aliphatic carboxylic acids is 1. The van der Waals surface area contributed by atoms with Crippen molar-refractivity contribution in [3.8, 4) is 11.1 Å². The number of ether oxygens (including phenoxy) is 1. The molecule has 2 amide bonds. The fourth-order valence-corrected chi connectivity index (χ4v) is 6.28. The van der Waals surface area contributed by atoms with Crippen molar-refractivity contribution in [2.75, 3.05) is 13.2 Å². The zero-order valence-corrected chi connectivity index (χ0v) is 20.0. The lowest BCUT2D eigenvalue weighted by Gasteiger charge is -2.36. The molecule has 1 heterocycles. The standard InChI is InChI=1S/C28H32N2O5/c1-28(26(33)30-15-7-8-18(30)16-25(31)32)14-6-13-24(28)29-27(34)35-17-23-21-11-4-2-9-19(21)20-10-3-5-12-22(20)23/h2-5,9-12,18,23-24H,6-8,13-17H2,1H3,(H,29,34)(H,31,32)/t18-,24?,28?/m0/s1. The van der Waals surface area contributed by atoms with Crippen molar-refractivity contribution in [2.24, 2.45) is 5.41 Å². The van der Waals surface area contributed by atoms with Gasteiger partial charge in [-0.15, -0.1) is 0 Å². The first-order chi connectivity index (χ1) is 16.9. The molecule has 1 saturated carbocycles. The molecule has 2 aromatic rings. The minimum atomic E-state index is -0.889. The second-order valence-electron chi connectivity index (χ2n) is 10.2. The van der Waals surface area contributed by atoms with Gasteiger partial charge >= 0.3 is 12.1 Å². The molecular formula is C28H32N2O5. The summed E-state index contributed by atoms with van der Waals surface area (Å²) in [7, 11) is 0. The second-order valence-corrected chi connectivity index (χ2v) is 10.2. The predicted octanol–water partition coefficient (Wildman–Crippen LogP) is 4.55. The Hall–Kier alpha value is -3.35. The van der Waals surface area contributed by atoms with E-state index in [1.807, 2.05) is 31.2 Å². The summed E-state index contributed by atoms with van der Waals surface area (Å²) in [6.07, 6.45) is 3.16. The molecule has 2 aliphatic carbocycles. The molecule has 184 valence electrons. The van der Waals surface area contributed by atoms with Gasteiger partial charge in [-0.3, -0.25) is 9.59 Å². The predicted molar refractivity (Wildman–Crippen MR) is 131 cm³/mol. The Morgan fingerprint density at radius 2 is 1.69 bits per heavy atom. The van der Waals surface area contributed by atoms with Crippen molar-refractivity contribution in [1.82, 2.24) is 10.2 Å². The van der Waals surface area contributed by atoms with Crippen LogP contribution in [-0.2, 0) is 14.3 Å². The molecule has 35 heavy (non-hydrogen) atoms. The first kappa shape index (κ1) is 23.4. The molecule has 2 fully saturated rings. The van der Waals surface area contributed by atoms with E-state index in [1.165, 1.54) is 11.1 Å². The number of hydrogen-bond acceptors (Lipinski definition) is 4. The van der Waals surface area contributed by atoms with E-state index in [0.717, 1.165) is 24.0 Å². The van der Waals surface area contributed by atoms with E-state index in [4.69, 9.17) is 4.74 Å². The zero-order chi connectivity index (χ0) is 24.6. The van der Waals surface area contributed by atoms with Crippen LogP contribution in [0.3, 0.4) is 0 Å². The Morgan fingerprint density at radius 3 is 2.34 bits per heavy atom. The number of nitrogens with zero attached hydrogens (tertiary/aromatic N) is 1. The van der Waals surface area contributed by atoms with Crippen LogP contribution in [0.15, 0.2) is 48.5 Å². The maximum Gasteiger partial charge on any atom is 0.407 e. The van der Waals surface area contributed by atoms with Gasteiger partial charge in [0.25, 0.3) is 0 Å². The molecule has 1 saturated heterocycles. The van der Waals surface area contributed by atoms with Gasteiger partial charge in [-0.2, -0.15) is 0 Å². The van der Waals surface area contributed by atoms with Crippen LogP contribution in [0.1, 0.15) is 62.5 Å². The quantitative estimate of drug-likeness (QED) is 0.638. The molecule has 5 rings (SSSR count). The van der Waals surface area contributed by atoms with Gasteiger partial charge in [0.15, 0.2) is 0 Å². The Morgan fingerprint density at radius 1 is 1.03 bits per heavy atom. The smallest absolute Gasteiger partial charge is 0.407 e. The third-order valence-electron chi connectivity index (χ3n) is 8.13. The van der Waals surface area contributed by atoms with E-state index < -0.39 is 17.5 Å². The van der Waals surface area contributed by atoms with Crippen molar-refractivity contribution >= 4 is 18.0 Å². The van der Waals surface area contributed by atoms with Crippen LogP contribution >= 0.6 is 0 Å². The summed E-state index contributed by atoms with van der Waals surface area (Å²) in [5.41, 5.74) is 3.90. The molecule has 3 aliphatic rings. The number of carbonyl (C=O) groups is 3. The van der Waals surface area contributed by atoms with Crippen molar-refractivity contribution in [1.29, 1.82) is 0 Å². The monoisotopic (exact) mass is 476 g/mol.